The number of carbonyl (C=O) groups is 2. The molecule has 6 heteroatoms. The summed E-state index contributed by atoms with van der Waals surface area (Å²) in [6, 6.07) is 20.0. The van der Waals surface area contributed by atoms with Crippen molar-refractivity contribution in [2.24, 2.45) is 0 Å². The maximum Gasteiger partial charge on any atom is 0.340 e. The highest BCUT2D eigenvalue weighted by molar-refractivity contribution is 7.85. The van der Waals surface area contributed by atoms with Gasteiger partial charge in [0.1, 0.15) is 0 Å². The van der Waals surface area contributed by atoms with Crippen LogP contribution in [-0.2, 0) is 20.3 Å². The van der Waals surface area contributed by atoms with Crippen molar-refractivity contribution in [1.29, 1.82) is 0 Å². The SMILES string of the molecule is CCS(=O)c1ccccc1C(=O)OC(C)C(=O)Nc1ccc2ccccc2c1. The Morgan fingerprint density at radius 2 is 1.68 bits per heavy atom. The number of carbonyl (C=O) groups excluding carboxylic acids is 2. The second kappa shape index (κ2) is 8.80. The summed E-state index contributed by atoms with van der Waals surface area (Å²) in [5.41, 5.74) is 0.840. The molecule has 0 bridgehead atoms. The molecule has 5 nitrogen and oxygen atoms in total. The summed E-state index contributed by atoms with van der Waals surface area (Å²) in [5.74, 6) is -0.709. The van der Waals surface area contributed by atoms with Crippen molar-refractivity contribution in [2.45, 2.75) is 24.8 Å². The van der Waals surface area contributed by atoms with Crippen LogP contribution in [0.25, 0.3) is 10.8 Å². The third-order valence-electron chi connectivity index (χ3n) is 4.28. The van der Waals surface area contributed by atoms with Crippen molar-refractivity contribution in [3.63, 3.8) is 0 Å². The predicted octanol–water partition coefficient (Wildman–Crippen LogP) is 4.15. The van der Waals surface area contributed by atoms with Crippen LogP contribution in [0.1, 0.15) is 24.2 Å². The molecule has 0 aliphatic rings. The second-order valence-electron chi connectivity index (χ2n) is 6.23. The normalized spacial score (nSPS) is 12.9. The van der Waals surface area contributed by atoms with Gasteiger partial charge in [0, 0.05) is 11.4 Å². The molecule has 1 N–H and O–H groups in total. The minimum absolute atomic E-state index is 0.216. The Balaban J connectivity index is 1.70. The minimum Gasteiger partial charge on any atom is -0.449 e. The van der Waals surface area contributed by atoms with E-state index in [1.54, 1.807) is 37.3 Å². The Kier molecular flexibility index (Phi) is 6.21. The molecular formula is C22H21NO4S. The van der Waals surface area contributed by atoms with Gasteiger partial charge in [-0.05, 0) is 42.0 Å². The standard InChI is InChI=1S/C22H21NO4S/c1-3-28(26)20-11-7-6-10-19(20)22(25)27-15(2)21(24)23-18-13-12-16-8-4-5-9-17(16)14-18/h4-15H,3H2,1-2H3,(H,23,24). The van der Waals surface area contributed by atoms with Gasteiger partial charge in [0.25, 0.3) is 5.91 Å². The van der Waals surface area contributed by atoms with Crippen LogP contribution in [0.15, 0.2) is 71.6 Å². The molecule has 3 rings (SSSR count). The molecule has 0 aliphatic heterocycles. The van der Waals surface area contributed by atoms with Crippen molar-refractivity contribution in [2.75, 3.05) is 11.1 Å². The zero-order chi connectivity index (χ0) is 20.1. The van der Waals surface area contributed by atoms with E-state index in [4.69, 9.17) is 4.74 Å². The topological polar surface area (TPSA) is 72.5 Å². The first-order valence-corrected chi connectivity index (χ1v) is 10.3. The number of benzene rings is 3. The van der Waals surface area contributed by atoms with Crippen LogP contribution in [0.4, 0.5) is 5.69 Å². The lowest BCUT2D eigenvalue weighted by Gasteiger charge is -2.15. The van der Waals surface area contributed by atoms with Crippen LogP contribution in [-0.4, -0.2) is 27.9 Å². The molecule has 2 atom stereocenters. The van der Waals surface area contributed by atoms with Crippen LogP contribution in [0.3, 0.4) is 0 Å². The summed E-state index contributed by atoms with van der Waals surface area (Å²) in [6.07, 6.45) is -0.998. The second-order valence-corrected chi connectivity index (χ2v) is 7.94. The first kappa shape index (κ1) is 19.8. The first-order chi connectivity index (χ1) is 13.5. The van der Waals surface area contributed by atoms with Crippen molar-refractivity contribution in [3.05, 3.63) is 72.3 Å². The van der Waals surface area contributed by atoms with Gasteiger partial charge in [-0.1, -0.05) is 49.4 Å². The van der Waals surface area contributed by atoms with E-state index in [-0.39, 0.29) is 5.56 Å². The highest BCUT2D eigenvalue weighted by Gasteiger charge is 2.22. The van der Waals surface area contributed by atoms with Gasteiger partial charge in [-0.3, -0.25) is 9.00 Å². The van der Waals surface area contributed by atoms with E-state index in [1.807, 2.05) is 36.4 Å². The maximum atomic E-state index is 12.5. The summed E-state index contributed by atoms with van der Waals surface area (Å²) in [7, 11) is -1.29. The van der Waals surface area contributed by atoms with Crippen LogP contribution in [0.2, 0.25) is 0 Å². The van der Waals surface area contributed by atoms with E-state index in [1.165, 1.54) is 6.92 Å². The fraction of sp³-hybridized carbons (Fsp3) is 0.182. The molecule has 0 spiro atoms. The zero-order valence-corrected chi connectivity index (χ0v) is 16.5. The highest BCUT2D eigenvalue weighted by Crippen LogP contribution is 2.20. The summed E-state index contributed by atoms with van der Waals surface area (Å²) in [5, 5.41) is 4.83. The number of hydrogen-bond acceptors (Lipinski definition) is 4. The molecule has 0 radical (unpaired) electrons. The third kappa shape index (κ3) is 4.46. The molecule has 0 heterocycles. The summed E-state index contributed by atoms with van der Waals surface area (Å²) in [4.78, 5) is 25.3. The predicted molar refractivity (Wildman–Crippen MR) is 111 cm³/mol. The third-order valence-corrected chi connectivity index (χ3v) is 5.66. The molecule has 0 fully saturated rings. The van der Waals surface area contributed by atoms with E-state index >= 15 is 0 Å². The molecule has 28 heavy (non-hydrogen) atoms. The fourth-order valence-corrected chi connectivity index (χ4v) is 3.72. The van der Waals surface area contributed by atoms with Crippen molar-refractivity contribution < 1.29 is 18.5 Å². The average molecular weight is 395 g/mol. The first-order valence-electron chi connectivity index (χ1n) is 8.97. The number of hydrogen-bond donors (Lipinski definition) is 1. The lowest BCUT2D eigenvalue weighted by atomic mass is 10.1. The Hall–Kier alpha value is -2.99. The monoisotopic (exact) mass is 395 g/mol. The number of anilines is 1. The van der Waals surface area contributed by atoms with Gasteiger partial charge in [0.05, 0.1) is 21.3 Å². The number of amides is 1. The maximum absolute atomic E-state index is 12.5. The van der Waals surface area contributed by atoms with Crippen molar-refractivity contribution in [1.82, 2.24) is 0 Å². The van der Waals surface area contributed by atoms with Gasteiger partial charge in [-0.15, -0.1) is 0 Å². The van der Waals surface area contributed by atoms with Crippen molar-refractivity contribution >= 4 is 39.1 Å². The number of esters is 1. The molecule has 1 amide bonds. The molecule has 0 aliphatic carbocycles. The van der Waals surface area contributed by atoms with Gasteiger partial charge in [-0.25, -0.2) is 4.79 Å². The van der Waals surface area contributed by atoms with Crippen LogP contribution >= 0.6 is 0 Å². The van der Waals surface area contributed by atoms with Gasteiger partial charge < -0.3 is 10.1 Å². The summed E-state index contributed by atoms with van der Waals surface area (Å²) < 4.78 is 17.4. The lowest BCUT2D eigenvalue weighted by Crippen LogP contribution is -2.30. The van der Waals surface area contributed by atoms with Crippen LogP contribution < -0.4 is 5.32 Å². The Labute approximate surface area is 166 Å². The number of fused-ring (bicyclic) bond motifs is 1. The Bertz CT molecular complexity index is 1050. The van der Waals surface area contributed by atoms with Crippen LogP contribution in [0.5, 0.6) is 0 Å². The van der Waals surface area contributed by atoms with E-state index in [9.17, 15) is 13.8 Å². The molecule has 0 aromatic heterocycles. The van der Waals surface area contributed by atoms with Gasteiger partial charge in [0.2, 0.25) is 0 Å². The fourth-order valence-electron chi connectivity index (χ4n) is 2.78. The molecule has 3 aromatic carbocycles. The summed E-state index contributed by atoms with van der Waals surface area (Å²) in [6.45, 7) is 3.28. The largest absolute Gasteiger partial charge is 0.449 e. The highest BCUT2D eigenvalue weighted by atomic mass is 32.2. The minimum atomic E-state index is -1.29. The number of nitrogens with one attached hydrogen (secondary N) is 1. The molecule has 144 valence electrons. The molecule has 0 saturated heterocycles. The number of ether oxygens (including phenoxy) is 1. The Morgan fingerprint density at radius 3 is 2.43 bits per heavy atom. The van der Waals surface area contributed by atoms with E-state index in [0.717, 1.165) is 10.8 Å². The van der Waals surface area contributed by atoms with Crippen LogP contribution in [0, 0.1) is 0 Å². The van der Waals surface area contributed by atoms with E-state index in [2.05, 4.69) is 5.32 Å². The average Bonchev–Trinajstić information content (AvgIpc) is 2.72. The van der Waals surface area contributed by atoms with Gasteiger partial charge >= 0.3 is 5.97 Å². The number of rotatable bonds is 6. The van der Waals surface area contributed by atoms with Crippen molar-refractivity contribution in [3.8, 4) is 0 Å². The lowest BCUT2D eigenvalue weighted by molar-refractivity contribution is -0.123. The van der Waals surface area contributed by atoms with E-state index in [0.29, 0.717) is 16.3 Å². The smallest absolute Gasteiger partial charge is 0.340 e. The zero-order valence-electron chi connectivity index (χ0n) is 15.7. The van der Waals surface area contributed by atoms with Gasteiger partial charge in [0.15, 0.2) is 6.10 Å². The molecular weight excluding hydrogens is 374 g/mol. The van der Waals surface area contributed by atoms with Gasteiger partial charge in [-0.2, -0.15) is 0 Å². The summed E-state index contributed by atoms with van der Waals surface area (Å²) >= 11 is 0. The Morgan fingerprint density at radius 1 is 1.00 bits per heavy atom. The van der Waals surface area contributed by atoms with E-state index < -0.39 is 28.8 Å². The molecule has 2 unspecified atom stereocenters. The molecule has 0 saturated carbocycles. The quantitative estimate of drug-likeness (QED) is 0.637. The molecule has 3 aromatic rings.